The highest BCUT2D eigenvalue weighted by atomic mass is 79.9. The maximum absolute atomic E-state index is 3.73. The number of nitrogens with zero attached hydrogens (tertiary/aromatic N) is 1. The molecule has 1 aliphatic rings. The molecule has 1 aromatic rings. The first kappa shape index (κ1) is 14.1. The first-order valence-corrected chi connectivity index (χ1v) is 8.27. The lowest BCUT2D eigenvalue weighted by molar-refractivity contribution is 0.617. The van der Waals surface area contributed by atoms with Gasteiger partial charge in [0.25, 0.3) is 0 Å². The molecule has 1 heterocycles. The highest BCUT2D eigenvalue weighted by Gasteiger charge is 2.22. The van der Waals surface area contributed by atoms with E-state index in [1.165, 1.54) is 30.0 Å². The van der Waals surface area contributed by atoms with Crippen LogP contribution in [0.25, 0.3) is 0 Å². The van der Waals surface area contributed by atoms with Crippen molar-refractivity contribution in [2.75, 3.05) is 30.1 Å². The molecule has 2 nitrogen and oxygen atoms in total. The predicted octanol–water partition coefficient (Wildman–Crippen LogP) is 4.21. The molecule has 2 rings (SSSR count). The third-order valence-corrected chi connectivity index (χ3v) is 5.26. The van der Waals surface area contributed by atoms with Gasteiger partial charge in [-0.3, -0.25) is 0 Å². The Hall–Kier alpha value is -0.350. The number of rotatable bonds is 3. The van der Waals surface area contributed by atoms with Gasteiger partial charge in [-0.1, -0.05) is 22.9 Å². The summed E-state index contributed by atoms with van der Waals surface area (Å²) in [7, 11) is 4.18. The molecule has 0 bridgehead atoms. The third-order valence-electron chi connectivity index (χ3n) is 3.39. The Balaban J connectivity index is 2.18. The average molecular weight is 329 g/mol. The summed E-state index contributed by atoms with van der Waals surface area (Å²) < 4.78 is 1.13. The third kappa shape index (κ3) is 3.35. The number of benzene rings is 1. The maximum atomic E-state index is 3.73. The van der Waals surface area contributed by atoms with Gasteiger partial charge in [0.05, 0.1) is 11.4 Å². The quantitative estimate of drug-likeness (QED) is 0.894. The lowest BCUT2D eigenvalue weighted by Gasteiger charge is -2.31. The van der Waals surface area contributed by atoms with Crippen molar-refractivity contribution >= 4 is 39.1 Å². The summed E-state index contributed by atoms with van der Waals surface area (Å²) in [5, 5.41) is 4.42. The molecule has 2 unspecified atom stereocenters. The van der Waals surface area contributed by atoms with Crippen LogP contribution in [-0.2, 0) is 0 Å². The number of anilines is 2. The second-order valence-electron chi connectivity index (χ2n) is 5.02. The van der Waals surface area contributed by atoms with E-state index in [4.69, 9.17) is 0 Å². The van der Waals surface area contributed by atoms with Crippen LogP contribution < -0.4 is 10.2 Å². The Labute approximate surface area is 123 Å². The normalized spacial score (nSPS) is 23.8. The lowest BCUT2D eigenvalue weighted by atomic mass is 10.1. The van der Waals surface area contributed by atoms with E-state index < -0.39 is 0 Å². The maximum Gasteiger partial charge on any atom is 0.0597 e. The molecule has 0 aromatic heterocycles. The molecular weight excluding hydrogens is 308 g/mol. The standard InChI is InChI=1S/C14H21BrN2S/c1-10-12(5-4-8-18-10)16-13-9-11(15)6-7-14(13)17(2)3/h6-7,9-10,12,16H,4-5,8H2,1-3H3. The topological polar surface area (TPSA) is 15.3 Å². The van der Waals surface area contributed by atoms with Crippen LogP contribution >= 0.6 is 27.7 Å². The highest BCUT2D eigenvalue weighted by Crippen LogP contribution is 2.33. The van der Waals surface area contributed by atoms with E-state index in [2.05, 4.69) is 77.1 Å². The van der Waals surface area contributed by atoms with Gasteiger partial charge in [0.15, 0.2) is 0 Å². The van der Waals surface area contributed by atoms with Crippen molar-refractivity contribution < 1.29 is 0 Å². The van der Waals surface area contributed by atoms with Crippen LogP contribution in [0.1, 0.15) is 19.8 Å². The fourth-order valence-corrected chi connectivity index (χ4v) is 3.83. The van der Waals surface area contributed by atoms with Crippen LogP contribution in [0.3, 0.4) is 0 Å². The van der Waals surface area contributed by atoms with Crippen molar-refractivity contribution in [2.24, 2.45) is 0 Å². The Morgan fingerprint density at radius 3 is 2.83 bits per heavy atom. The van der Waals surface area contributed by atoms with Gasteiger partial charge < -0.3 is 10.2 Å². The predicted molar refractivity (Wildman–Crippen MR) is 87.0 cm³/mol. The molecule has 0 spiro atoms. The second-order valence-corrected chi connectivity index (χ2v) is 7.43. The molecule has 100 valence electrons. The molecule has 1 fully saturated rings. The molecular formula is C14H21BrN2S. The van der Waals surface area contributed by atoms with Crippen molar-refractivity contribution in [3.8, 4) is 0 Å². The lowest BCUT2D eigenvalue weighted by Crippen LogP contribution is -2.33. The molecule has 0 saturated carbocycles. The van der Waals surface area contributed by atoms with Crippen LogP contribution in [-0.4, -0.2) is 31.1 Å². The molecule has 0 aliphatic carbocycles. The van der Waals surface area contributed by atoms with Crippen LogP contribution in [0.4, 0.5) is 11.4 Å². The Morgan fingerprint density at radius 1 is 1.39 bits per heavy atom. The van der Waals surface area contributed by atoms with E-state index in [1.807, 2.05) is 0 Å². The van der Waals surface area contributed by atoms with Gasteiger partial charge in [-0.25, -0.2) is 0 Å². The van der Waals surface area contributed by atoms with E-state index in [0.717, 1.165) is 4.47 Å². The summed E-state index contributed by atoms with van der Waals surface area (Å²) in [4.78, 5) is 2.16. The van der Waals surface area contributed by atoms with Gasteiger partial charge in [0.2, 0.25) is 0 Å². The number of halogens is 1. The SMILES string of the molecule is CC1SCCCC1Nc1cc(Br)ccc1N(C)C. The second kappa shape index (κ2) is 6.20. The van der Waals surface area contributed by atoms with E-state index >= 15 is 0 Å². The van der Waals surface area contributed by atoms with Crippen LogP contribution in [0, 0.1) is 0 Å². The van der Waals surface area contributed by atoms with Gasteiger partial charge in [0, 0.05) is 29.9 Å². The van der Waals surface area contributed by atoms with Gasteiger partial charge >= 0.3 is 0 Å². The van der Waals surface area contributed by atoms with Gasteiger partial charge in [0.1, 0.15) is 0 Å². The van der Waals surface area contributed by atoms with Crippen LogP contribution in [0.5, 0.6) is 0 Å². The smallest absolute Gasteiger partial charge is 0.0597 e. The summed E-state index contributed by atoms with van der Waals surface area (Å²) in [5.41, 5.74) is 2.48. The van der Waals surface area contributed by atoms with E-state index in [1.54, 1.807) is 0 Å². The van der Waals surface area contributed by atoms with Gasteiger partial charge in [-0.15, -0.1) is 0 Å². The minimum absolute atomic E-state index is 0.580. The van der Waals surface area contributed by atoms with Crippen molar-refractivity contribution in [1.29, 1.82) is 0 Å². The molecule has 1 saturated heterocycles. The van der Waals surface area contributed by atoms with Crippen molar-refractivity contribution in [2.45, 2.75) is 31.1 Å². The molecule has 1 aliphatic heterocycles. The number of thioether (sulfide) groups is 1. The summed E-state index contributed by atoms with van der Waals surface area (Å²) in [5.74, 6) is 1.30. The van der Waals surface area contributed by atoms with Crippen LogP contribution in [0.2, 0.25) is 0 Å². The largest absolute Gasteiger partial charge is 0.380 e. The van der Waals surface area contributed by atoms with E-state index in [0.29, 0.717) is 11.3 Å². The summed E-state index contributed by atoms with van der Waals surface area (Å²) in [6.07, 6.45) is 2.59. The molecule has 18 heavy (non-hydrogen) atoms. The summed E-state index contributed by atoms with van der Waals surface area (Å²) in [6.45, 7) is 2.33. The zero-order chi connectivity index (χ0) is 13.1. The van der Waals surface area contributed by atoms with Crippen molar-refractivity contribution in [3.05, 3.63) is 22.7 Å². The highest BCUT2D eigenvalue weighted by molar-refractivity contribution is 9.10. The zero-order valence-corrected chi connectivity index (χ0v) is 13.6. The minimum Gasteiger partial charge on any atom is -0.380 e. The first-order valence-electron chi connectivity index (χ1n) is 6.43. The van der Waals surface area contributed by atoms with Crippen molar-refractivity contribution in [1.82, 2.24) is 0 Å². The van der Waals surface area contributed by atoms with Crippen LogP contribution in [0.15, 0.2) is 22.7 Å². The minimum atomic E-state index is 0.580. The molecule has 4 heteroatoms. The summed E-state index contributed by atoms with van der Waals surface area (Å²) >= 11 is 5.64. The van der Waals surface area contributed by atoms with E-state index in [9.17, 15) is 0 Å². The van der Waals surface area contributed by atoms with Gasteiger partial charge in [-0.2, -0.15) is 11.8 Å². The molecule has 0 amide bonds. The Kier molecular flexibility index (Phi) is 4.84. The Bertz CT molecular complexity index is 409. The fraction of sp³-hybridized carbons (Fsp3) is 0.571. The first-order chi connectivity index (χ1) is 8.58. The molecule has 0 radical (unpaired) electrons. The molecule has 1 aromatic carbocycles. The van der Waals surface area contributed by atoms with E-state index in [-0.39, 0.29) is 0 Å². The average Bonchev–Trinajstić information content (AvgIpc) is 2.32. The number of hydrogen-bond donors (Lipinski definition) is 1. The number of nitrogens with one attached hydrogen (secondary N) is 1. The Morgan fingerprint density at radius 2 is 2.17 bits per heavy atom. The van der Waals surface area contributed by atoms with Gasteiger partial charge in [-0.05, 0) is 36.8 Å². The monoisotopic (exact) mass is 328 g/mol. The molecule has 2 atom stereocenters. The molecule has 1 N–H and O–H groups in total. The summed E-state index contributed by atoms with van der Waals surface area (Å²) in [6, 6.07) is 7.02. The zero-order valence-electron chi connectivity index (χ0n) is 11.2. The van der Waals surface area contributed by atoms with Crippen molar-refractivity contribution in [3.63, 3.8) is 0 Å². The number of hydrogen-bond acceptors (Lipinski definition) is 3. The fourth-order valence-electron chi connectivity index (χ4n) is 2.33.